The molecule has 5 nitrogen and oxygen atoms in total. The van der Waals surface area contributed by atoms with Crippen molar-refractivity contribution in [3.8, 4) is 0 Å². The molecule has 2 aromatic heterocycles. The Bertz CT molecular complexity index is 481. The molecule has 0 aromatic carbocycles. The van der Waals surface area contributed by atoms with E-state index in [1.807, 2.05) is 18.7 Å². The van der Waals surface area contributed by atoms with Crippen molar-refractivity contribution in [2.24, 2.45) is 0 Å². The van der Waals surface area contributed by atoms with Crippen molar-refractivity contribution in [3.63, 3.8) is 0 Å². The third-order valence-corrected chi connectivity index (χ3v) is 4.26. The molecular weight excluding hydrogens is 302 g/mol. The summed E-state index contributed by atoms with van der Waals surface area (Å²) in [6, 6.07) is 4.36. The van der Waals surface area contributed by atoms with Gasteiger partial charge in [0, 0.05) is 17.8 Å². The second-order valence-electron chi connectivity index (χ2n) is 3.73. The SMILES string of the molecule is CNC(C)c1nnnn1CCc1ccc(Br)s1. The van der Waals surface area contributed by atoms with Crippen LogP contribution >= 0.6 is 27.3 Å². The molecule has 92 valence electrons. The van der Waals surface area contributed by atoms with Crippen LogP contribution in [0.1, 0.15) is 23.7 Å². The van der Waals surface area contributed by atoms with Crippen molar-refractivity contribution in [2.75, 3.05) is 7.05 Å². The first-order chi connectivity index (χ1) is 8.20. The van der Waals surface area contributed by atoms with Crippen LogP contribution in [0.4, 0.5) is 0 Å². The summed E-state index contributed by atoms with van der Waals surface area (Å²) in [4.78, 5) is 1.33. The lowest BCUT2D eigenvalue weighted by molar-refractivity contribution is 0.513. The van der Waals surface area contributed by atoms with Crippen molar-refractivity contribution in [1.29, 1.82) is 0 Å². The third-order valence-electron chi connectivity index (χ3n) is 2.58. The van der Waals surface area contributed by atoms with Crippen molar-refractivity contribution in [3.05, 3.63) is 26.6 Å². The van der Waals surface area contributed by atoms with Gasteiger partial charge in [-0.15, -0.1) is 16.4 Å². The number of nitrogens with zero attached hydrogens (tertiary/aromatic N) is 4. The zero-order chi connectivity index (χ0) is 12.3. The summed E-state index contributed by atoms with van der Waals surface area (Å²) < 4.78 is 3.02. The minimum absolute atomic E-state index is 0.167. The molecule has 17 heavy (non-hydrogen) atoms. The number of tetrazole rings is 1. The van der Waals surface area contributed by atoms with Crippen molar-refractivity contribution in [1.82, 2.24) is 25.5 Å². The van der Waals surface area contributed by atoms with Gasteiger partial charge in [-0.2, -0.15) is 0 Å². The van der Waals surface area contributed by atoms with Crippen molar-refractivity contribution < 1.29 is 0 Å². The van der Waals surface area contributed by atoms with Gasteiger partial charge in [0.15, 0.2) is 5.82 Å². The fraction of sp³-hybridized carbons (Fsp3) is 0.500. The summed E-state index contributed by atoms with van der Waals surface area (Å²) in [6.45, 7) is 2.85. The Morgan fingerprint density at radius 2 is 2.35 bits per heavy atom. The van der Waals surface area contributed by atoms with E-state index in [1.165, 1.54) is 4.88 Å². The number of rotatable bonds is 5. The molecule has 2 rings (SSSR count). The average molecular weight is 316 g/mol. The first-order valence-electron chi connectivity index (χ1n) is 5.38. The average Bonchev–Trinajstić information content (AvgIpc) is 2.94. The van der Waals surface area contributed by atoms with Gasteiger partial charge in [0.1, 0.15) is 0 Å². The van der Waals surface area contributed by atoms with E-state index in [2.05, 4.69) is 48.9 Å². The lowest BCUT2D eigenvalue weighted by atomic mass is 10.3. The Labute approximate surface area is 112 Å². The van der Waals surface area contributed by atoms with Crippen LogP contribution in [0, 0.1) is 0 Å². The normalized spacial score (nSPS) is 12.9. The summed E-state index contributed by atoms with van der Waals surface area (Å²) in [5, 5.41) is 14.9. The Hall–Kier alpha value is -0.790. The number of halogens is 1. The minimum Gasteiger partial charge on any atom is -0.311 e. The molecule has 0 aliphatic heterocycles. The van der Waals surface area contributed by atoms with Gasteiger partial charge in [-0.05, 0) is 52.5 Å². The molecule has 0 spiro atoms. The largest absolute Gasteiger partial charge is 0.311 e. The van der Waals surface area contributed by atoms with Crippen LogP contribution in [0.2, 0.25) is 0 Å². The second-order valence-corrected chi connectivity index (χ2v) is 6.27. The Balaban J connectivity index is 2.01. The number of aryl methyl sites for hydroxylation is 2. The molecule has 0 radical (unpaired) electrons. The highest BCUT2D eigenvalue weighted by Crippen LogP contribution is 2.22. The molecule has 0 saturated carbocycles. The third kappa shape index (κ3) is 3.11. The predicted octanol–water partition coefficient (Wildman–Crippen LogP) is 2.02. The van der Waals surface area contributed by atoms with Crippen LogP contribution in [-0.2, 0) is 13.0 Å². The molecule has 1 N–H and O–H groups in total. The molecule has 2 aromatic rings. The van der Waals surface area contributed by atoms with Crippen LogP contribution in [0.15, 0.2) is 15.9 Å². The van der Waals surface area contributed by atoms with E-state index < -0.39 is 0 Å². The Morgan fingerprint density at radius 1 is 1.53 bits per heavy atom. The predicted molar refractivity (Wildman–Crippen MR) is 71.0 cm³/mol. The maximum atomic E-state index is 4.04. The topological polar surface area (TPSA) is 55.6 Å². The number of nitrogens with one attached hydrogen (secondary N) is 1. The van der Waals surface area contributed by atoms with Gasteiger partial charge in [0.05, 0.1) is 9.83 Å². The van der Waals surface area contributed by atoms with E-state index in [1.54, 1.807) is 11.3 Å². The zero-order valence-electron chi connectivity index (χ0n) is 9.72. The van der Waals surface area contributed by atoms with Crippen LogP contribution in [0.3, 0.4) is 0 Å². The first-order valence-corrected chi connectivity index (χ1v) is 6.99. The Kier molecular flexibility index (Phi) is 4.25. The van der Waals surface area contributed by atoms with Crippen LogP contribution in [-0.4, -0.2) is 27.3 Å². The molecule has 0 amide bonds. The number of hydrogen-bond donors (Lipinski definition) is 1. The molecule has 0 fully saturated rings. The van der Waals surface area contributed by atoms with Crippen LogP contribution in [0.25, 0.3) is 0 Å². The number of thiophene rings is 1. The van der Waals surface area contributed by atoms with Gasteiger partial charge in [0.25, 0.3) is 0 Å². The molecule has 2 heterocycles. The highest BCUT2D eigenvalue weighted by Gasteiger charge is 2.12. The van der Waals surface area contributed by atoms with E-state index in [9.17, 15) is 0 Å². The number of hydrogen-bond acceptors (Lipinski definition) is 5. The standard InChI is InChI=1S/C10H14BrN5S/c1-7(12-2)10-13-14-15-16(10)6-5-8-3-4-9(11)17-8/h3-4,7,12H,5-6H2,1-2H3. The lowest BCUT2D eigenvalue weighted by Crippen LogP contribution is -2.19. The van der Waals surface area contributed by atoms with E-state index in [0.29, 0.717) is 0 Å². The Morgan fingerprint density at radius 3 is 3.00 bits per heavy atom. The summed E-state index contributed by atoms with van der Waals surface area (Å²) in [5.74, 6) is 0.878. The van der Waals surface area contributed by atoms with Gasteiger partial charge in [-0.3, -0.25) is 0 Å². The maximum Gasteiger partial charge on any atom is 0.167 e. The summed E-state index contributed by atoms with van der Waals surface area (Å²) in [6.07, 6.45) is 0.949. The highest BCUT2D eigenvalue weighted by molar-refractivity contribution is 9.11. The molecule has 0 bridgehead atoms. The summed E-state index contributed by atoms with van der Waals surface area (Å²) in [7, 11) is 1.90. The van der Waals surface area contributed by atoms with E-state index in [0.717, 1.165) is 22.6 Å². The number of aromatic nitrogens is 4. The van der Waals surface area contributed by atoms with Crippen molar-refractivity contribution in [2.45, 2.75) is 25.9 Å². The zero-order valence-corrected chi connectivity index (χ0v) is 12.1. The maximum absolute atomic E-state index is 4.04. The molecular formula is C10H14BrN5S. The highest BCUT2D eigenvalue weighted by atomic mass is 79.9. The molecule has 1 unspecified atom stereocenters. The van der Waals surface area contributed by atoms with Gasteiger partial charge >= 0.3 is 0 Å². The summed E-state index contributed by atoms with van der Waals surface area (Å²) >= 11 is 5.21. The fourth-order valence-electron chi connectivity index (χ4n) is 1.51. The van der Waals surface area contributed by atoms with Crippen molar-refractivity contribution >= 4 is 27.3 Å². The van der Waals surface area contributed by atoms with Gasteiger partial charge in [0.2, 0.25) is 0 Å². The second kappa shape index (κ2) is 5.70. The van der Waals surface area contributed by atoms with E-state index >= 15 is 0 Å². The molecule has 1 atom stereocenters. The molecule has 7 heteroatoms. The van der Waals surface area contributed by atoms with Gasteiger partial charge < -0.3 is 5.32 Å². The van der Waals surface area contributed by atoms with Crippen LogP contribution < -0.4 is 5.32 Å². The quantitative estimate of drug-likeness (QED) is 0.917. The molecule has 0 aliphatic rings. The minimum atomic E-state index is 0.167. The van der Waals surface area contributed by atoms with Crippen LogP contribution in [0.5, 0.6) is 0 Å². The van der Waals surface area contributed by atoms with E-state index in [-0.39, 0.29) is 6.04 Å². The molecule has 0 saturated heterocycles. The van der Waals surface area contributed by atoms with E-state index in [4.69, 9.17) is 0 Å². The van der Waals surface area contributed by atoms with Gasteiger partial charge in [-0.1, -0.05) is 0 Å². The van der Waals surface area contributed by atoms with Gasteiger partial charge in [-0.25, -0.2) is 4.68 Å². The fourth-order valence-corrected chi connectivity index (χ4v) is 2.98. The molecule has 0 aliphatic carbocycles. The first kappa shape index (κ1) is 12.7. The monoisotopic (exact) mass is 315 g/mol. The summed E-state index contributed by atoms with van der Waals surface area (Å²) in [5.41, 5.74) is 0. The lowest BCUT2D eigenvalue weighted by Gasteiger charge is -2.09. The smallest absolute Gasteiger partial charge is 0.167 e.